The molecule has 0 fully saturated rings. The molecule has 1 aromatic carbocycles. The van der Waals surface area contributed by atoms with Crippen LogP contribution in [0.2, 0.25) is 0 Å². The first kappa shape index (κ1) is 11.3. The molecule has 0 aliphatic rings. The fourth-order valence-electron chi connectivity index (χ4n) is 1.32. The van der Waals surface area contributed by atoms with Gasteiger partial charge in [-0.2, -0.15) is 0 Å². The van der Waals surface area contributed by atoms with Crippen molar-refractivity contribution in [3.63, 3.8) is 0 Å². The summed E-state index contributed by atoms with van der Waals surface area (Å²) in [6.45, 7) is 0. The minimum Gasteiger partial charge on any atom is -0.467 e. The van der Waals surface area contributed by atoms with Gasteiger partial charge in [0.25, 0.3) is 0 Å². The van der Waals surface area contributed by atoms with Crippen molar-refractivity contribution in [2.75, 3.05) is 7.11 Å². The second-order valence-corrected chi connectivity index (χ2v) is 3.10. The highest BCUT2D eigenvalue weighted by atomic mass is 16.5. The fourth-order valence-corrected chi connectivity index (χ4v) is 1.32. The number of aliphatic hydroxyl groups is 1. The summed E-state index contributed by atoms with van der Waals surface area (Å²) in [6, 6.07) is 8.50. The van der Waals surface area contributed by atoms with E-state index in [2.05, 4.69) is 10.7 Å². The molecule has 0 saturated carbocycles. The summed E-state index contributed by atoms with van der Waals surface area (Å²) >= 11 is 0. The molecule has 78 valence electrons. The van der Waals surface area contributed by atoms with Crippen molar-refractivity contribution in [3.8, 4) is 12.3 Å². The van der Waals surface area contributed by atoms with Crippen molar-refractivity contribution in [2.24, 2.45) is 0 Å². The summed E-state index contributed by atoms with van der Waals surface area (Å²) in [7, 11) is 1.22. The monoisotopic (exact) mass is 204 g/mol. The SMILES string of the molecule is C#CC[C@](O)(C(=O)OC)c1ccccc1. The number of hydrogen-bond donors (Lipinski definition) is 1. The number of rotatable bonds is 3. The first-order valence-corrected chi connectivity index (χ1v) is 4.45. The van der Waals surface area contributed by atoms with Crippen LogP contribution in [0.15, 0.2) is 30.3 Å². The minimum absolute atomic E-state index is 0.107. The van der Waals surface area contributed by atoms with Crippen LogP contribution >= 0.6 is 0 Å². The molecule has 1 N–H and O–H groups in total. The van der Waals surface area contributed by atoms with E-state index in [0.717, 1.165) is 0 Å². The van der Waals surface area contributed by atoms with Crippen LogP contribution in [0.4, 0.5) is 0 Å². The van der Waals surface area contributed by atoms with Gasteiger partial charge in [-0.1, -0.05) is 30.3 Å². The van der Waals surface area contributed by atoms with Gasteiger partial charge in [-0.15, -0.1) is 12.3 Å². The molecule has 0 bridgehead atoms. The third-order valence-corrected chi connectivity index (χ3v) is 2.13. The normalized spacial score (nSPS) is 13.7. The van der Waals surface area contributed by atoms with E-state index in [-0.39, 0.29) is 6.42 Å². The average Bonchev–Trinajstić information content (AvgIpc) is 2.29. The van der Waals surface area contributed by atoms with Crippen molar-refractivity contribution < 1.29 is 14.6 Å². The molecule has 0 spiro atoms. The molecule has 15 heavy (non-hydrogen) atoms. The molecule has 0 aliphatic heterocycles. The molecule has 0 aliphatic carbocycles. The maximum absolute atomic E-state index is 11.5. The number of esters is 1. The number of methoxy groups -OCH3 is 1. The highest BCUT2D eigenvalue weighted by molar-refractivity contribution is 5.81. The van der Waals surface area contributed by atoms with Crippen molar-refractivity contribution in [3.05, 3.63) is 35.9 Å². The number of carbonyl (C=O) groups excluding carboxylic acids is 1. The quantitative estimate of drug-likeness (QED) is 0.591. The maximum Gasteiger partial charge on any atom is 0.343 e. The van der Waals surface area contributed by atoms with E-state index in [0.29, 0.717) is 5.56 Å². The van der Waals surface area contributed by atoms with Crippen molar-refractivity contribution >= 4 is 5.97 Å². The molecule has 3 nitrogen and oxygen atoms in total. The van der Waals surface area contributed by atoms with Gasteiger partial charge >= 0.3 is 5.97 Å². The standard InChI is InChI=1S/C12H12O3/c1-3-9-12(14,11(13)15-2)10-7-5-4-6-8-10/h1,4-8,14H,9H2,2H3/t12-/m1/s1. The Hall–Kier alpha value is -1.79. The van der Waals surface area contributed by atoms with Gasteiger partial charge in [0, 0.05) is 0 Å². The molecule has 0 radical (unpaired) electrons. The van der Waals surface area contributed by atoms with Crippen LogP contribution in [0.5, 0.6) is 0 Å². The van der Waals surface area contributed by atoms with Crippen LogP contribution in [0, 0.1) is 12.3 Å². The van der Waals surface area contributed by atoms with E-state index in [1.165, 1.54) is 7.11 Å². The van der Waals surface area contributed by atoms with E-state index in [1.807, 2.05) is 0 Å². The Labute approximate surface area is 88.7 Å². The molecule has 0 heterocycles. The van der Waals surface area contributed by atoms with Crippen LogP contribution in [0.3, 0.4) is 0 Å². The smallest absolute Gasteiger partial charge is 0.343 e. The van der Waals surface area contributed by atoms with Gasteiger partial charge in [0.2, 0.25) is 0 Å². The second-order valence-electron chi connectivity index (χ2n) is 3.10. The maximum atomic E-state index is 11.5. The van der Waals surface area contributed by atoms with Crippen LogP contribution in [-0.2, 0) is 15.1 Å². The van der Waals surface area contributed by atoms with Gasteiger partial charge < -0.3 is 9.84 Å². The van der Waals surface area contributed by atoms with Crippen LogP contribution in [0.1, 0.15) is 12.0 Å². The summed E-state index contributed by atoms with van der Waals surface area (Å²) in [5.41, 5.74) is -1.31. The van der Waals surface area contributed by atoms with Crippen molar-refractivity contribution in [1.82, 2.24) is 0 Å². The Kier molecular flexibility index (Phi) is 3.48. The summed E-state index contributed by atoms with van der Waals surface area (Å²) in [5, 5.41) is 10.1. The molecule has 1 aromatic rings. The molecule has 0 unspecified atom stereocenters. The van der Waals surface area contributed by atoms with E-state index >= 15 is 0 Å². The lowest BCUT2D eigenvalue weighted by atomic mass is 9.91. The molecular weight excluding hydrogens is 192 g/mol. The molecule has 1 rings (SSSR count). The minimum atomic E-state index is -1.75. The van der Waals surface area contributed by atoms with Crippen LogP contribution in [-0.4, -0.2) is 18.2 Å². The van der Waals surface area contributed by atoms with Gasteiger partial charge in [0.05, 0.1) is 13.5 Å². The second kappa shape index (κ2) is 4.63. The molecule has 0 aromatic heterocycles. The Morgan fingerprint density at radius 2 is 2.13 bits per heavy atom. The van der Waals surface area contributed by atoms with Crippen LogP contribution in [0.25, 0.3) is 0 Å². The lowest BCUT2D eigenvalue weighted by Crippen LogP contribution is -2.36. The fraction of sp³-hybridized carbons (Fsp3) is 0.250. The van der Waals surface area contributed by atoms with Gasteiger partial charge in [-0.3, -0.25) is 0 Å². The summed E-state index contributed by atoms with van der Waals surface area (Å²) in [5.74, 6) is 1.53. The average molecular weight is 204 g/mol. The van der Waals surface area contributed by atoms with Crippen LogP contribution < -0.4 is 0 Å². The van der Waals surface area contributed by atoms with E-state index in [4.69, 9.17) is 6.42 Å². The zero-order valence-corrected chi connectivity index (χ0v) is 8.43. The zero-order valence-electron chi connectivity index (χ0n) is 8.43. The molecule has 1 atom stereocenters. The first-order chi connectivity index (χ1) is 7.15. The summed E-state index contributed by atoms with van der Waals surface area (Å²) in [6.07, 6.45) is 5.02. The lowest BCUT2D eigenvalue weighted by molar-refractivity contribution is -0.163. The van der Waals surface area contributed by atoms with E-state index < -0.39 is 11.6 Å². The van der Waals surface area contributed by atoms with E-state index in [9.17, 15) is 9.90 Å². The highest BCUT2D eigenvalue weighted by Crippen LogP contribution is 2.25. The number of carbonyl (C=O) groups is 1. The topological polar surface area (TPSA) is 46.5 Å². The lowest BCUT2D eigenvalue weighted by Gasteiger charge is -2.23. The number of hydrogen-bond acceptors (Lipinski definition) is 3. The molecule has 3 heteroatoms. The third kappa shape index (κ3) is 2.17. The summed E-state index contributed by atoms with van der Waals surface area (Å²) in [4.78, 5) is 11.5. The largest absolute Gasteiger partial charge is 0.467 e. The Bertz CT molecular complexity index is 378. The number of ether oxygens (including phenoxy) is 1. The molecule has 0 saturated heterocycles. The number of terminal acetylenes is 1. The van der Waals surface area contributed by atoms with Crippen molar-refractivity contribution in [1.29, 1.82) is 0 Å². The van der Waals surface area contributed by atoms with E-state index in [1.54, 1.807) is 30.3 Å². The Morgan fingerprint density at radius 3 is 2.60 bits per heavy atom. The van der Waals surface area contributed by atoms with Gasteiger partial charge in [-0.05, 0) is 5.56 Å². The van der Waals surface area contributed by atoms with Gasteiger partial charge in [0.15, 0.2) is 5.60 Å². The summed E-state index contributed by atoms with van der Waals surface area (Å²) < 4.78 is 4.54. The highest BCUT2D eigenvalue weighted by Gasteiger charge is 2.38. The first-order valence-electron chi connectivity index (χ1n) is 4.45. The van der Waals surface area contributed by atoms with Crippen molar-refractivity contribution in [2.45, 2.75) is 12.0 Å². The molecule has 0 amide bonds. The molecular formula is C12H12O3. The predicted molar refractivity (Wildman–Crippen MR) is 55.8 cm³/mol. The van der Waals surface area contributed by atoms with Gasteiger partial charge in [-0.25, -0.2) is 4.79 Å². The third-order valence-electron chi connectivity index (χ3n) is 2.13. The number of benzene rings is 1. The van der Waals surface area contributed by atoms with Gasteiger partial charge in [0.1, 0.15) is 0 Å². The Balaban J connectivity index is 3.13. The zero-order chi connectivity index (χ0) is 11.3. The predicted octanol–water partition coefficient (Wildman–Crippen LogP) is 1.07. The Morgan fingerprint density at radius 1 is 1.53 bits per heavy atom.